The second-order valence-corrected chi connectivity index (χ2v) is 6.22. The molecule has 0 bridgehead atoms. The van der Waals surface area contributed by atoms with E-state index in [1.807, 2.05) is 6.26 Å². The minimum Gasteiger partial charge on any atom is -0.459 e. The van der Waals surface area contributed by atoms with Crippen LogP contribution in [0.15, 0.2) is 41.0 Å². The van der Waals surface area contributed by atoms with Crippen molar-refractivity contribution in [3.63, 3.8) is 0 Å². The summed E-state index contributed by atoms with van der Waals surface area (Å²) >= 11 is 1.58. The quantitative estimate of drug-likeness (QED) is 0.804. The molecule has 0 saturated heterocycles. The van der Waals surface area contributed by atoms with Crippen LogP contribution in [-0.2, 0) is 4.79 Å². The molecule has 1 aromatic carbocycles. The van der Waals surface area contributed by atoms with Crippen LogP contribution in [0.5, 0.6) is 0 Å². The molecule has 2 N–H and O–H groups in total. The molecule has 0 aliphatic rings. The molecule has 7 heteroatoms. The highest BCUT2D eigenvalue weighted by Gasteiger charge is 2.22. The summed E-state index contributed by atoms with van der Waals surface area (Å²) < 4.78 is 18.2. The van der Waals surface area contributed by atoms with E-state index in [9.17, 15) is 14.0 Å². The van der Waals surface area contributed by atoms with E-state index >= 15 is 0 Å². The predicted octanol–water partition coefficient (Wildman–Crippen LogP) is 3.22. The van der Waals surface area contributed by atoms with Crippen molar-refractivity contribution in [1.82, 2.24) is 5.32 Å². The van der Waals surface area contributed by atoms with Gasteiger partial charge in [0.15, 0.2) is 5.76 Å². The average Bonchev–Trinajstić information content (AvgIpc) is 3.08. The number of rotatable bonds is 7. The molecule has 0 fully saturated rings. The molecule has 1 unspecified atom stereocenters. The maximum absolute atomic E-state index is 13.2. The second kappa shape index (κ2) is 8.54. The molecule has 2 amide bonds. The highest BCUT2D eigenvalue weighted by atomic mass is 32.2. The Balaban J connectivity index is 2.08. The first kappa shape index (κ1) is 18.1. The Labute approximate surface area is 144 Å². The van der Waals surface area contributed by atoms with Crippen molar-refractivity contribution in [3.05, 3.63) is 53.7 Å². The number of thioether (sulfide) groups is 1. The number of benzene rings is 1. The predicted molar refractivity (Wildman–Crippen MR) is 92.7 cm³/mol. The van der Waals surface area contributed by atoms with Crippen molar-refractivity contribution in [1.29, 1.82) is 0 Å². The number of halogens is 1. The average molecular weight is 350 g/mol. The number of anilines is 1. The van der Waals surface area contributed by atoms with Crippen LogP contribution in [0.2, 0.25) is 0 Å². The summed E-state index contributed by atoms with van der Waals surface area (Å²) in [5, 5.41) is 5.41. The van der Waals surface area contributed by atoms with E-state index in [-0.39, 0.29) is 17.5 Å². The summed E-state index contributed by atoms with van der Waals surface area (Å²) in [5.74, 6) is -0.306. The fourth-order valence-electron chi connectivity index (χ4n) is 2.13. The van der Waals surface area contributed by atoms with Gasteiger partial charge in [-0.1, -0.05) is 0 Å². The maximum Gasteiger partial charge on any atom is 0.287 e. The van der Waals surface area contributed by atoms with Gasteiger partial charge in [0.25, 0.3) is 5.91 Å². The molecule has 5 nitrogen and oxygen atoms in total. The second-order valence-electron chi connectivity index (χ2n) is 5.23. The summed E-state index contributed by atoms with van der Waals surface area (Å²) in [5.41, 5.74) is 1.13. The van der Waals surface area contributed by atoms with Gasteiger partial charge in [-0.15, -0.1) is 0 Å². The maximum atomic E-state index is 13.2. The Kier molecular flexibility index (Phi) is 6.43. The normalized spacial score (nSPS) is 11.8. The number of carbonyl (C=O) groups is 2. The van der Waals surface area contributed by atoms with E-state index in [1.54, 1.807) is 24.8 Å². The van der Waals surface area contributed by atoms with Crippen LogP contribution in [0.25, 0.3) is 0 Å². The third-order valence-corrected chi connectivity index (χ3v) is 4.07. The Bertz CT molecular complexity index is 704. The Morgan fingerprint density at radius 1 is 1.33 bits per heavy atom. The van der Waals surface area contributed by atoms with E-state index in [1.165, 1.54) is 30.5 Å². The number of furan rings is 1. The first-order chi connectivity index (χ1) is 11.5. The zero-order chi connectivity index (χ0) is 17.5. The van der Waals surface area contributed by atoms with Gasteiger partial charge in [0, 0.05) is 5.69 Å². The van der Waals surface area contributed by atoms with E-state index in [0.29, 0.717) is 23.4 Å². The molecule has 1 aromatic heterocycles. The number of amides is 2. The van der Waals surface area contributed by atoms with Crippen LogP contribution >= 0.6 is 11.8 Å². The first-order valence-corrected chi connectivity index (χ1v) is 8.81. The Hall–Kier alpha value is -2.28. The largest absolute Gasteiger partial charge is 0.459 e. The molecule has 0 aliphatic carbocycles. The topological polar surface area (TPSA) is 71.3 Å². The summed E-state index contributed by atoms with van der Waals surface area (Å²) in [4.78, 5) is 24.6. The Morgan fingerprint density at radius 2 is 2.12 bits per heavy atom. The lowest BCUT2D eigenvalue weighted by molar-refractivity contribution is -0.118. The SMILES string of the molecule is CSCCC(NC(=O)c1ccco1)C(=O)Nc1ccc(F)cc1C. The van der Waals surface area contributed by atoms with Crippen LogP contribution in [0.4, 0.5) is 10.1 Å². The van der Waals surface area contributed by atoms with Gasteiger partial charge < -0.3 is 15.1 Å². The fourth-order valence-corrected chi connectivity index (χ4v) is 2.60. The van der Waals surface area contributed by atoms with Gasteiger partial charge in [0.1, 0.15) is 11.9 Å². The minimum atomic E-state index is -0.709. The van der Waals surface area contributed by atoms with Crippen LogP contribution < -0.4 is 10.6 Å². The Morgan fingerprint density at radius 3 is 2.75 bits per heavy atom. The van der Waals surface area contributed by atoms with Crippen LogP contribution in [0.1, 0.15) is 22.5 Å². The van der Waals surface area contributed by atoms with Gasteiger partial charge in [-0.25, -0.2) is 4.39 Å². The number of hydrogen-bond acceptors (Lipinski definition) is 4. The monoisotopic (exact) mass is 350 g/mol. The number of carbonyl (C=O) groups excluding carboxylic acids is 2. The summed E-state index contributed by atoms with van der Waals surface area (Å²) in [6.45, 7) is 1.71. The number of hydrogen-bond donors (Lipinski definition) is 2. The van der Waals surface area contributed by atoms with E-state index in [2.05, 4.69) is 10.6 Å². The van der Waals surface area contributed by atoms with Gasteiger partial charge >= 0.3 is 0 Å². The highest BCUT2D eigenvalue weighted by Crippen LogP contribution is 2.16. The van der Waals surface area contributed by atoms with Gasteiger partial charge in [-0.05, 0) is 61.2 Å². The molecular weight excluding hydrogens is 331 g/mol. The van der Waals surface area contributed by atoms with Gasteiger partial charge in [-0.3, -0.25) is 9.59 Å². The molecule has 24 heavy (non-hydrogen) atoms. The smallest absolute Gasteiger partial charge is 0.287 e. The molecule has 0 spiro atoms. The molecule has 1 heterocycles. The van der Waals surface area contributed by atoms with Gasteiger partial charge in [-0.2, -0.15) is 11.8 Å². The van der Waals surface area contributed by atoms with E-state index in [0.717, 1.165) is 0 Å². The molecule has 2 rings (SSSR count). The molecule has 2 aromatic rings. The minimum absolute atomic E-state index is 0.148. The van der Waals surface area contributed by atoms with E-state index < -0.39 is 11.9 Å². The lowest BCUT2D eigenvalue weighted by Crippen LogP contribution is -2.44. The van der Waals surface area contributed by atoms with Crippen molar-refractivity contribution < 1.29 is 18.4 Å². The van der Waals surface area contributed by atoms with Crippen molar-refractivity contribution >= 4 is 29.3 Å². The van der Waals surface area contributed by atoms with Crippen LogP contribution in [-0.4, -0.2) is 29.9 Å². The fraction of sp³-hybridized carbons (Fsp3) is 0.294. The molecule has 1 atom stereocenters. The van der Waals surface area contributed by atoms with Crippen molar-refractivity contribution in [2.75, 3.05) is 17.3 Å². The van der Waals surface area contributed by atoms with Crippen molar-refractivity contribution in [2.45, 2.75) is 19.4 Å². The zero-order valence-corrected chi connectivity index (χ0v) is 14.3. The lowest BCUT2D eigenvalue weighted by atomic mass is 10.1. The molecule has 0 radical (unpaired) electrons. The highest BCUT2D eigenvalue weighted by molar-refractivity contribution is 7.98. The van der Waals surface area contributed by atoms with Gasteiger partial charge in [0.05, 0.1) is 6.26 Å². The molecule has 0 saturated carbocycles. The number of nitrogens with one attached hydrogen (secondary N) is 2. The third kappa shape index (κ3) is 4.86. The van der Waals surface area contributed by atoms with Crippen molar-refractivity contribution in [2.24, 2.45) is 0 Å². The summed E-state index contributed by atoms with van der Waals surface area (Å²) in [6.07, 6.45) is 3.79. The molecule has 0 aliphatic heterocycles. The van der Waals surface area contributed by atoms with Gasteiger partial charge in [0.2, 0.25) is 5.91 Å². The summed E-state index contributed by atoms with van der Waals surface area (Å²) in [7, 11) is 0. The molecular formula is C17H19FN2O3S. The van der Waals surface area contributed by atoms with Crippen LogP contribution in [0.3, 0.4) is 0 Å². The van der Waals surface area contributed by atoms with E-state index in [4.69, 9.17) is 4.42 Å². The van der Waals surface area contributed by atoms with Crippen LogP contribution in [0, 0.1) is 12.7 Å². The first-order valence-electron chi connectivity index (χ1n) is 7.41. The third-order valence-electron chi connectivity index (χ3n) is 3.42. The standard InChI is InChI=1S/C17H19FN2O3S/c1-11-10-12(18)5-6-13(11)19-16(21)14(7-9-24-2)20-17(22)15-4-3-8-23-15/h3-6,8,10,14H,7,9H2,1-2H3,(H,19,21)(H,20,22). The lowest BCUT2D eigenvalue weighted by Gasteiger charge is -2.18. The summed E-state index contributed by atoms with van der Waals surface area (Å²) in [6, 6.07) is 6.55. The van der Waals surface area contributed by atoms with Crippen molar-refractivity contribution in [3.8, 4) is 0 Å². The molecule has 128 valence electrons. The number of aryl methyl sites for hydroxylation is 1. The zero-order valence-electron chi connectivity index (χ0n) is 13.5.